The third-order valence-electron chi connectivity index (χ3n) is 1.61. The van der Waals surface area contributed by atoms with E-state index >= 15 is 0 Å². The summed E-state index contributed by atoms with van der Waals surface area (Å²) in [5, 5.41) is 14.2. The number of hydrogen-bond acceptors (Lipinski definition) is 4. The van der Waals surface area contributed by atoms with E-state index in [-0.39, 0.29) is 17.4 Å². The van der Waals surface area contributed by atoms with Gasteiger partial charge in [-0.25, -0.2) is 0 Å². The first-order valence-corrected chi connectivity index (χ1v) is 3.75. The van der Waals surface area contributed by atoms with Crippen LogP contribution in [-0.4, -0.2) is 21.0 Å². The molecular weight excluding hydrogens is 174 g/mol. The van der Waals surface area contributed by atoms with Crippen molar-refractivity contribution in [1.29, 1.82) is 0 Å². The molecule has 1 rings (SSSR count). The number of aromatic nitrogens is 2. The second kappa shape index (κ2) is 3.34. The molecule has 1 heterocycles. The minimum absolute atomic E-state index is 0.0139. The molecule has 0 radical (unpaired) electrons. The quantitative estimate of drug-likeness (QED) is 0.400. The van der Waals surface area contributed by atoms with Crippen LogP contribution in [0.25, 0.3) is 0 Å². The Labute approximate surface area is 74.3 Å². The molecule has 0 saturated heterocycles. The standard InChI is InChI=1S/C7H9N3O3/c1-5(2)9-7(4-11)6(3-8-9)10(12)13/h3-5H,1-2H3. The molecule has 1 aromatic rings. The summed E-state index contributed by atoms with van der Waals surface area (Å²) in [5.41, 5.74) is -0.233. The Morgan fingerprint density at radius 2 is 2.31 bits per heavy atom. The minimum atomic E-state index is -0.615. The summed E-state index contributed by atoms with van der Waals surface area (Å²) in [7, 11) is 0. The van der Waals surface area contributed by atoms with Crippen molar-refractivity contribution in [2.45, 2.75) is 19.9 Å². The van der Waals surface area contributed by atoms with Crippen molar-refractivity contribution in [3.05, 3.63) is 22.0 Å². The molecule has 0 unspecified atom stereocenters. The number of nitrogens with zero attached hydrogens (tertiary/aromatic N) is 3. The van der Waals surface area contributed by atoms with E-state index in [2.05, 4.69) is 5.10 Å². The lowest BCUT2D eigenvalue weighted by Gasteiger charge is -2.05. The highest BCUT2D eigenvalue weighted by molar-refractivity contribution is 5.78. The van der Waals surface area contributed by atoms with Gasteiger partial charge in [0.25, 0.3) is 0 Å². The van der Waals surface area contributed by atoms with E-state index in [9.17, 15) is 14.9 Å². The topological polar surface area (TPSA) is 78.0 Å². The van der Waals surface area contributed by atoms with Gasteiger partial charge in [-0.3, -0.25) is 19.6 Å². The highest BCUT2D eigenvalue weighted by Gasteiger charge is 2.20. The van der Waals surface area contributed by atoms with Crippen molar-refractivity contribution in [1.82, 2.24) is 9.78 Å². The van der Waals surface area contributed by atoms with Gasteiger partial charge in [-0.1, -0.05) is 0 Å². The highest BCUT2D eigenvalue weighted by atomic mass is 16.6. The molecule has 0 spiro atoms. The number of carbonyl (C=O) groups excluding carboxylic acids is 1. The summed E-state index contributed by atoms with van der Waals surface area (Å²) in [5.74, 6) is 0. The first-order valence-electron chi connectivity index (χ1n) is 3.75. The number of carbonyl (C=O) groups is 1. The zero-order valence-electron chi connectivity index (χ0n) is 7.30. The van der Waals surface area contributed by atoms with Gasteiger partial charge in [-0.15, -0.1) is 0 Å². The van der Waals surface area contributed by atoms with Crippen molar-refractivity contribution in [3.63, 3.8) is 0 Å². The van der Waals surface area contributed by atoms with Crippen molar-refractivity contribution in [3.8, 4) is 0 Å². The molecule has 0 aliphatic carbocycles. The maximum Gasteiger partial charge on any atom is 0.317 e. The lowest BCUT2D eigenvalue weighted by Crippen LogP contribution is -2.07. The van der Waals surface area contributed by atoms with Gasteiger partial charge in [0.2, 0.25) is 0 Å². The summed E-state index contributed by atoms with van der Waals surface area (Å²) in [6.07, 6.45) is 1.54. The Bertz CT molecular complexity index is 343. The fourth-order valence-corrected chi connectivity index (χ4v) is 1.03. The fourth-order valence-electron chi connectivity index (χ4n) is 1.03. The van der Waals surface area contributed by atoms with Crippen LogP contribution in [0.4, 0.5) is 5.69 Å². The molecule has 6 nitrogen and oxygen atoms in total. The molecule has 70 valence electrons. The molecule has 0 saturated carbocycles. The van der Waals surface area contributed by atoms with Crippen LogP contribution in [0.2, 0.25) is 0 Å². The zero-order valence-corrected chi connectivity index (χ0v) is 7.30. The Morgan fingerprint density at radius 1 is 1.69 bits per heavy atom. The summed E-state index contributed by atoms with van der Waals surface area (Å²) >= 11 is 0. The summed E-state index contributed by atoms with van der Waals surface area (Å²) < 4.78 is 1.32. The number of aldehydes is 1. The maximum atomic E-state index is 10.6. The second-order valence-electron chi connectivity index (χ2n) is 2.83. The maximum absolute atomic E-state index is 10.6. The van der Waals surface area contributed by atoms with E-state index in [0.717, 1.165) is 6.20 Å². The average molecular weight is 183 g/mol. The van der Waals surface area contributed by atoms with Crippen LogP contribution in [0.1, 0.15) is 30.4 Å². The van der Waals surface area contributed by atoms with Crippen LogP contribution in [0.5, 0.6) is 0 Å². The summed E-state index contributed by atoms with van der Waals surface area (Å²) in [6, 6.07) is -0.0612. The molecule has 0 amide bonds. The first kappa shape index (κ1) is 9.37. The largest absolute Gasteiger partial charge is 0.317 e. The second-order valence-corrected chi connectivity index (χ2v) is 2.83. The molecule has 0 aromatic carbocycles. The molecule has 0 aliphatic heterocycles. The summed E-state index contributed by atoms with van der Waals surface area (Å²) in [4.78, 5) is 20.3. The van der Waals surface area contributed by atoms with Gasteiger partial charge in [0.05, 0.1) is 4.92 Å². The molecule has 0 atom stereocenters. The molecule has 0 fully saturated rings. The predicted octanol–water partition coefficient (Wildman–Crippen LogP) is 1.18. The normalized spacial score (nSPS) is 10.4. The van der Waals surface area contributed by atoms with E-state index < -0.39 is 4.92 Å². The van der Waals surface area contributed by atoms with Crippen molar-refractivity contribution < 1.29 is 9.72 Å². The molecule has 0 aliphatic rings. The van der Waals surface area contributed by atoms with E-state index in [4.69, 9.17) is 0 Å². The highest BCUT2D eigenvalue weighted by Crippen LogP contribution is 2.18. The number of hydrogen-bond donors (Lipinski definition) is 0. The fraction of sp³-hybridized carbons (Fsp3) is 0.429. The van der Waals surface area contributed by atoms with E-state index in [1.54, 1.807) is 13.8 Å². The Hall–Kier alpha value is -1.72. The minimum Gasteiger partial charge on any atom is -0.296 e. The third kappa shape index (κ3) is 1.56. The van der Waals surface area contributed by atoms with Crippen molar-refractivity contribution >= 4 is 12.0 Å². The van der Waals surface area contributed by atoms with Crippen LogP contribution >= 0.6 is 0 Å². The third-order valence-corrected chi connectivity index (χ3v) is 1.61. The predicted molar refractivity (Wildman–Crippen MR) is 44.7 cm³/mol. The molecule has 1 aromatic heterocycles. The molecule has 13 heavy (non-hydrogen) atoms. The van der Waals surface area contributed by atoms with Crippen LogP contribution < -0.4 is 0 Å². The molecule has 0 bridgehead atoms. The van der Waals surface area contributed by atoms with Crippen LogP contribution in [0.3, 0.4) is 0 Å². The van der Waals surface area contributed by atoms with E-state index in [1.807, 2.05) is 0 Å². The van der Waals surface area contributed by atoms with Gasteiger partial charge in [-0.2, -0.15) is 5.10 Å². The van der Waals surface area contributed by atoms with Gasteiger partial charge in [-0.05, 0) is 13.8 Å². The summed E-state index contributed by atoms with van der Waals surface area (Å²) in [6.45, 7) is 3.59. The van der Waals surface area contributed by atoms with Gasteiger partial charge in [0.15, 0.2) is 12.0 Å². The average Bonchev–Trinajstić information content (AvgIpc) is 2.46. The molecule has 0 N–H and O–H groups in total. The SMILES string of the molecule is CC(C)n1ncc([N+](=O)[O-])c1C=O. The molecule has 6 heteroatoms. The Balaban J connectivity index is 3.26. The van der Waals surface area contributed by atoms with Crippen LogP contribution in [0.15, 0.2) is 6.20 Å². The Kier molecular flexibility index (Phi) is 2.41. The first-order chi connectivity index (χ1) is 6.07. The number of rotatable bonds is 3. The lowest BCUT2D eigenvalue weighted by atomic mass is 10.3. The number of nitro groups is 1. The van der Waals surface area contributed by atoms with E-state index in [1.165, 1.54) is 4.68 Å². The Morgan fingerprint density at radius 3 is 2.69 bits per heavy atom. The van der Waals surface area contributed by atoms with Crippen molar-refractivity contribution in [2.75, 3.05) is 0 Å². The monoisotopic (exact) mass is 183 g/mol. The van der Waals surface area contributed by atoms with E-state index in [0.29, 0.717) is 6.29 Å². The van der Waals surface area contributed by atoms with Gasteiger partial charge >= 0.3 is 5.69 Å². The zero-order chi connectivity index (χ0) is 10.0. The van der Waals surface area contributed by atoms with Crippen molar-refractivity contribution in [2.24, 2.45) is 0 Å². The molecular formula is C7H9N3O3. The van der Waals surface area contributed by atoms with Crippen LogP contribution in [-0.2, 0) is 0 Å². The lowest BCUT2D eigenvalue weighted by molar-refractivity contribution is -0.385. The van der Waals surface area contributed by atoms with Gasteiger partial charge in [0, 0.05) is 6.04 Å². The van der Waals surface area contributed by atoms with Gasteiger partial charge in [0.1, 0.15) is 6.20 Å². The van der Waals surface area contributed by atoms with Gasteiger partial charge < -0.3 is 0 Å². The smallest absolute Gasteiger partial charge is 0.296 e. The van der Waals surface area contributed by atoms with Crippen LogP contribution in [0, 0.1) is 10.1 Å².